The summed E-state index contributed by atoms with van der Waals surface area (Å²) in [6, 6.07) is 33.5. The van der Waals surface area contributed by atoms with E-state index in [0.29, 0.717) is 11.8 Å². The van der Waals surface area contributed by atoms with Crippen LogP contribution in [0.15, 0.2) is 122 Å². The second kappa shape index (κ2) is 17.5. The van der Waals surface area contributed by atoms with Gasteiger partial charge in [-0.1, -0.05) is 109 Å². The number of piperidine rings is 2. The van der Waals surface area contributed by atoms with Crippen molar-refractivity contribution in [1.82, 2.24) is 40.4 Å². The van der Waals surface area contributed by atoms with Gasteiger partial charge < -0.3 is 39.9 Å². The van der Waals surface area contributed by atoms with E-state index >= 15 is 0 Å². The molecule has 12 rings (SSSR count). The fourth-order valence-electron chi connectivity index (χ4n) is 10.8. The second-order valence-electron chi connectivity index (χ2n) is 19.5. The highest BCUT2D eigenvalue weighted by molar-refractivity contribution is 5.89. The van der Waals surface area contributed by atoms with Crippen molar-refractivity contribution >= 4 is 24.0 Å². The molecule has 14 heteroatoms. The Labute approximate surface area is 394 Å². The van der Waals surface area contributed by atoms with Crippen LogP contribution in [0.2, 0.25) is 0 Å². The lowest BCUT2D eigenvalue weighted by Crippen LogP contribution is -2.45. The normalized spacial score (nSPS) is 24.4. The molecule has 14 nitrogen and oxygen atoms in total. The fourth-order valence-corrected chi connectivity index (χ4v) is 10.8. The van der Waals surface area contributed by atoms with Gasteiger partial charge in [0.25, 0.3) is 11.8 Å². The smallest absolute Gasteiger partial charge is 0.408 e. The number of amides is 4. The van der Waals surface area contributed by atoms with Crippen LogP contribution in [-0.4, -0.2) is 78.0 Å². The van der Waals surface area contributed by atoms with Crippen LogP contribution in [-0.2, 0) is 19.1 Å². The minimum absolute atomic E-state index is 0.0888. The van der Waals surface area contributed by atoms with Gasteiger partial charge in [0.15, 0.2) is 0 Å². The number of imidazole rings is 2. The standard InChI is InChI=1S/C54H54N8O6/c63-51(47(35-9-3-1-4-10-35)59-53(65)67-39-13-7-14-39)61-43-25-37(43)27-45(61)49-55-29-41(57-49)33-21-17-31(18-22-33)32-19-23-34(24-20-32)42-30-56-50(58-42)46-28-38-26-44(38)62(46)52(64)48(36-11-5-2-6-12-36)60-54(66)68-40-15-8-16-40/h1-6,9-12,17-24,29-30,37-40,43-48H,7-8,13-16,25-28H2,(H,55,57)(H,56,58)(H,59,65)(H,60,66)/t37-,38-,43-,44-,45+,46+,47-,48-/m1/s1. The van der Waals surface area contributed by atoms with E-state index in [1.807, 2.05) is 82.9 Å². The lowest BCUT2D eigenvalue weighted by molar-refractivity contribution is -0.136. The van der Waals surface area contributed by atoms with E-state index in [0.717, 1.165) is 121 Å². The molecule has 4 saturated carbocycles. The molecule has 8 atom stereocenters. The summed E-state index contributed by atoms with van der Waals surface area (Å²) < 4.78 is 11.2. The fraction of sp³-hybridized carbons (Fsp3) is 0.370. The minimum Gasteiger partial charge on any atom is -0.446 e. The number of H-pyrrole nitrogens is 2. The van der Waals surface area contributed by atoms with E-state index in [4.69, 9.17) is 19.4 Å². The number of carbonyl (C=O) groups is 4. The molecule has 4 N–H and O–H groups in total. The number of hydrogen-bond acceptors (Lipinski definition) is 8. The largest absolute Gasteiger partial charge is 0.446 e. The maximum atomic E-state index is 14.4. The Balaban J connectivity index is 0.712. The van der Waals surface area contributed by atoms with Gasteiger partial charge in [0, 0.05) is 35.6 Å². The lowest BCUT2D eigenvalue weighted by Gasteiger charge is -2.31. The van der Waals surface area contributed by atoms with Crippen molar-refractivity contribution < 1.29 is 28.7 Å². The molecule has 4 amide bonds. The first-order valence-corrected chi connectivity index (χ1v) is 24.3. The van der Waals surface area contributed by atoms with E-state index in [9.17, 15) is 19.2 Å². The van der Waals surface area contributed by atoms with Gasteiger partial charge in [0.2, 0.25) is 0 Å². The Hall–Kier alpha value is -7.22. The number of ether oxygens (including phenoxy) is 2. The number of nitrogens with one attached hydrogen (secondary N) is 4. The molecule has 346 valence electrons. The zero-order chi connectivity index (χ0) is 45.9. The van der Waals surface area contributed by atoms with Crippen LogP contribution in [0.5, 0.6) is 0 Å². The third-order valence-electron chi connectivity index (χ3n) is 15.2. The van der Waals surface area contributed by atoms with Crippen molar-refractivity contribution in [3.8, 4) is 33.6 Å². The van der Waals surface area contributed by atoms with Crippen molar-refractivity contribution in [3.05, 3.63) is 144 Å². The highest BCUT2D eigenvalue weighted by Crippen LogP contribution is 2.55. The van der Waals surface area contributed by atoms with Gasteiger partial charge in [-0.15, -0.1) is 0 Å². The van der Waals surface area contributed by atoms with Crippen molar-refractivity contribution in [2.45, 2.75) is 113 Å². The summed E-state index contributed by atoms with van der Waals surface area (Å²) in [5, 5.41) is 5.81. The zero-order valence-electron chi connectivity index (χ0n) is 37.6. The van der Waals surface area contributed by atoms with Crippen LogP contribution in [0, 0.1) is 11.8 Å². The lowest BCUT2D eigenvalue weighted by atomic mass is 9.96. The zero-order valence-corrected chi connectivity index (χ0v) is 37.6. The topological polar surface area (TPSA) is 175 Å². The monoisotopic (exact) mass is 910 g/mol. The van der Waals surface area contributed by atoms with Crippen LogP contribution in [0.1, 0.15) is 111 Å². The molecule has 0 radical (unpaired) electrons. The first-order chi connectivity index (χ1) is 33.3. The summed E-state index contributed by atoms with van der Waals surface area (Å²) in [6.07, 6.45) is 11.6. The van der Waals surface area contributed by atoms with Crippen molar-refractivity contribution in [3.63, 3.8) is 0 Å². The third kappa shape index (κ3) is 8.19. The van der Waals surface area contributed by atoms with Gasteiger partial charge in [0.1, 0.15) is 35.9 Å². The summed E-state index contributed by atoms with van der Waals surface area (Å²) in [4.78, 5) is 75.5. The Morgan fingerprint density at radius 3 is 1.26 bits per heavy atom. The van der Waals surface area contributed by atoms with Crippen LogP contribution in [0.25, 0.3) is 33.6 Å². The predicted molar refractivity (Wildman–Crippen MR) is 252 cm³/mol. The molecule has 6 aliphatic rings. The predicted octanol–water partition coefficient (Wildman–Crippen LogP) is 9.50. The first-order valence-electron chi connectivity index (χ1n) is 24.3. The molecule has 0 spiro atoms. The third-order valence-corrected chi connectivity index (χ3v) is 15.2. The highest BCUT2D eigenvalue weighted by Gasteiger charge is 2.57. The molecule has 0 bridgehead atoms. The van der Waals surface area contributed by atoms with Crippen LogP contribution >= 0.6 is 0 Å². The van der Waals surface area contributed by atoms with Gasteiger partial charge in [-0.3, -0.25) is 9.59 Å². The average molecular weight is 911 g/mol. The molecule has 2 saturated heterocycles. The molecular formula is C54H54N8O6. The molecule has 68 heavy (non-hydrogen) atoms. The number of alkyl carbamates (subject to hydrolysis) is 2. The van der Waals surface area contributed by atoms with Crippen molar-refractivity contribution in [2.24, 2.45) is 11.8 Å². The molecule has 2 aromatic heterocycles. The number of benzene rings is 4. The quantitative estimate of drug-likeness (QED) is 0.0887. The van der Waals surface area contributed by atoms with Crippen LogP contribution in [0.4, 0.5) is 9.59 Å². The van der Waals surface area contributed by atoms with E-state index in [1.165, 1.54) is 0 Å². The van der Waals surface area contributed by atoms with Crippen molar-refractivity contribution in [1.29, 1.82) is 0 Å². The van der Waals surface area contributed by atoms with Crippen LogP contribution < -0.4 is 10.6 Å². The van der Waals surface area contributed by atoms with Gasteiger partial charge in [-0.2, -0.15) is 0 Å². The average Bonchev–Trinajstić information content (AvgIpc) is 3.92. The maximum absolute atomic E-state index is 14.4. The Kier molecular flexibility index (Phi) is 10.8. The minimum atomic E-state index is -0.859. The summed E-state index contributed by atoms with van der Waals surface area (Å²) in [7, 11) is 0. The first kappa shape index (κ1) is 42.2. The summed E-state index contributed by atoms with van der Waals surface area (Å²) >= 11 is 0. The molecule has 4 aliphatic carbocycles. The number of hydrogen-bond donors (Lipinski definition) is 4. The van der Waals surface area contributed by atoms with Crippen LogP contribution in [0.3, 0.4) is 0 Å². The molecule has 4 aromatic carbocycles. The summed E-state index contributed by atoms with van der Waals surface area (Å²) in [5.74, 6) is 2.01. The van der Waals surface area contributed by atoms with Crippen molar-refractivity contribution in [2.75, 3.05) is 0 Å². The molecular weight excluding hydrogens is 857 g/mol. The highest BCUT2D eigenvalue weighted by atomic mass is 16.6. The van der Waals surface area contributed by atoms with Gasteiger partial charge >= 0.3 is 12.2 Å². The molecule has 4 heterocycles. The number of carbonyl (C=O) groups excluding carboxylic acids is 4. The Morgan fingerprint density at radius 2 is 0.897 bits per heavy atom. The number of aromatic nitrogens is 4. The maximum Gasteiger partial charge on any atom is 0.408 e. The molecule has 6 aromatic rings. The number of fused-ring (bicyclic) bond motifs is 2. The number of aromatic amines is 2. The number of rotatable bonds is 13. The Bertz CT molecular complexity index is 2630. The second-order valence-corrected chi connectivity index (χ2v) is 19.5. The molecule has 6 fully saturated rings. The van der Waals surface area contributed by atoms with Gasteiger partial charge in [-0.05, 0) is 98.3 Å². The number of nitrogens with zero attached hydrogens (tertiary/aromatic N) is 4. The van der Waals surface area contributed by atoms with Gasteiger partial charge in [-0.25, -0.2) is 19.6 Å². The van der Waals surface area contributed by atoms with E-state index in [-0.39, 0.29) is 48.2 Å². The SMILES string of the molecule is O=C(N[C@@H](C(=O)N1[C@@H]2C[C@@H]2C[C@H]1c1nc(-c2ccc(-c3ccc(-c4c[nH]c([C@@H]5C[C@H]6C[C@H]6N5C(=O)[C@H](NC(=O)OC5CCC5)c5ccccc5)n4)cc3)cc2)c[nH]1)c1ccccc1)OC1CCC1. The Morgan fingerprint density at radius 1 is 0.515 bits per heavy atom. The van der Waals surface area contributed by atoms with E-state index in [2.05, 4.69) is 69.1 Å². The van der Waals surface area contributed by atoms with Gasteiger partial charge in [0.05, 0.1) is 23.5 Å². The summed E-state index contributed by atoms with van der Waals surface area (Å²) in [5.41, 5.74) is 7.06. The molecule has 0 unspecified atom stereocenters. The molecule has 2 aliphatic heterocycles. The summed E-state index contributed by atoms with van der Waals surface area (Å²) in [6.45, 7) is 0. The number of likely N-dealkylation sites (tertiary alicyclic amines) is 2. The van der Waals surface area contributed by atoms with E-state index in [1.54, 1.807) is 0 Å². The van der Waals surface area contributed by atoms with E-state index < -0.39 is 24.3 Å².